The fraction of sp³-hybridized carbons (Fsp3) is 0.562. The summed E-state index contributed by atoms with van der Waals surface area (Å²) in [5, 5.41) is 13.0. The number of likely N-dealkylation sites (N-methyl/N-ethyl adjacent to an activating group) is 1. The SMILES string of the molecule is COc1ccc(NC(=O)N(C)C[C@H]2OCCCC[C@H](C)Oc3ccc(N(C)C)cc3C(=O)N([C@@H](C)CO)C[C@@H]2C)cc1. The van der Waals surface area contributed by atoms with Gasteiger partial charge in [0.1, 0.15) is 11.5 Å². The highest BCUT2D eigenvalue weighted by atomic mass is 16.5. The van der Waals surface area contributed by atoms with E-state index in [1.54, 1.807) is 48.2 Å². The maximum Gasteiger partial charge on any atom is 0.321 e. The number of methoxy groups -OCH3 is 1. The van der Waals surface area contributed by atoms with Gasteiger partial charge in [-0.1, -0.05) is 6.92 Å². The molecule has 1 aliphatic heterocycles. The van der Waals surface area contributed by atoms with E-state index in [1.165, 1.54) is 0 Å². The van der Waals surface area contributed by atoms with Gasteiger partial charge in [-0.05, 0) is 75.6 Å². The molecule has 42 heavy (non-hydrogen) atoms. The molecule has 3 rings (SSSR count). The van der Waals surface area contributed by atoms with Crippen molar-refractivity contribution in [3.63, 3.8) is 0 Å². The molecule has 0 unspecified atom stereocenters. The van der Waals surface area contributed by atoms with Crippen molar-refractivity contribution in [2.24, 2.45) is 5.92 Å². The highest BCUT2D eigenvalue weighted by Gasteiger charge is 2.31. The zero-order chi connectivity index (χ0) is 30.8. The number of anilines is 2. The monoisotopic (exact) mass is 584 g/mol. The third-order valence-electron chi connectivity index (χ3n) is 7.69. The molecular weight excluding hydrogens is 536 g/mol. The summed E-state index contributed by atoms with van der Waals surface area (Å²) in [5.41, 5.74) is 2.01. The Morgan fingerprint density at radius 1 is 1.14 bits per heavy atom. The van der Waals surface area contributed by atoms with Gasteiger partial charge in [0.05, 0.1) is 37.5 Å². The van der Waals surface area contributed by atoms with Crippen LogP contribution in [0.4, 0.5) is 16.2 Å². The van der Waals surface area contributed by atoms with Crippen molar-refractivity contribution in [3.05, 3.63) is 48.0 Å². The minimum absolute atomic E-state index is 0.0871. The Kier molecular flexibility index (Phi) is 12.3. The van der Waals surface area contributed by atoms with Gasteiger partial charge in [0, 0.05) is 58.1 Å². The molecule has 0 aliphatic carbocycles. The predicted octanol–water partition coefficient (Wildman–Crippen LogP) is 4.72. The number of amides is 3. The van der Waals surface area contributed by atoms with Crippen molar-refractivity contribution in [2.45, 2.75) is 58.3 Å². The second kappa shape index (κ2) is 15.7. The third kappa shape index (κ3) is 9.00. The lowest BCUT2D eigenvalue weighted by Crippen LogP contribution is -2.48. The molecule has 0 bridgehead atoms. The van der Waals surface area contributed by atoms with Crippen molar-refractivity contribution < 1.29 is 28.9 Å². The van der Waals surface area contributed by atoms with Crippen LogP contribution in [0.5, 0.6) is 11.5 Å². The summed E-state index contributed by atoms with van der Waals surface area (Å²) >= 11 is 0. The molecule has 0 saturated heterocycles. The molecule has 3 amide bonds. The van der Waals surface area contributed by atoms with Gasteiger partial charge in [0.25, 0.3) is 5.91 Å². The van der Waals surface area contributed by atoms with E-state index in [4.69, 9.17) is 14.2 Å². The average Bonchev–Trinajstić information content (AvgIpc) is 2.98. The molecular formula is C32H48N4O6. The van der Waals surface area contributed by atoms with Crippen LogP contribution in [0.25, 0.3) is 0 Å². The topological polar surface area (TPSA) is 104 Å². The van der Waals surface area contributed by atoms with E-state index < -0.39 is 6.04 Å². The lowest BCUT2D eigenvalue weighted by molar-refractivity contribution is -0.0115. The van der Waals surface area contributed by atoms with E-state index in [1.807, 2.05) is 58.0 Å². The summed E-state index contributed by atoms with van der Waals surface area (Å²) in [6, 6.07) is 12.1. The second-order valence-corrected chi connectivity index (χ2v) is 11.4. The normalized spacial score (nSPS) is 20.9. The molecule has 0 fully saturated rings. The fourth-order valence-electron chi connectivity index (χ4n) is 4.90. The molecule has 2 aromatic carbocycles. The lowest BCUT2D eigenvalue weighted by atomic mass is 10.0. The van der Waals surface area contributed by atoms with Crippen molar-refractivity contribution in [1.82, 2.24) is 9.80 Å². The summed E-state index contributed by atoms with van der Waals surface area (Å²) in [6.07, 6.45) is 2.15. The number of hydrogen-bond donors (Lipinski definition) is 2. The minimum Gasteiger partial charge on any atom is -0.497 e. The van der Waals surface area contributed by atoms with Crippen molar-refractivity contribution >= 4 is 23.3 Å². The number of urea groups is 1. The van der Waals surface area contributed by atoms with E-state index in [9.17, 15) is 14.7 Å². The van der Waals surface area contributed by atoms with Crippen LogP contribution in [-0.2, 0) is 4.74 Å². The van der Waals surface area contributed by atoms with Gasteiger partial charge in [0.15, 0.2) is 0 Å². The second-order valence-electron chi connectivity index (χ2n) is 11.4. The Bertz CT molecular complexity index is 1160. The van der Waals surface area contributed by atoms with Crippen LogP contribution in [0.2, 0.25) is 0 Å². The third-order valence-corrected chi connectivity index (χ3v) is 7.69. The molecule has 10 nitrogen and oxygen atoms in total. The molecule has 232 valence electrons. The molecule has 0 spiro atoms. The summed E-state index contributed by atoms with van der Waals surface area (Å²) in [5.74, 6) is 0.903. The molecule has 4 atom stereocenters. The summed E-state index contributed by atoms with van der Waals surface area (Å²) in [4.78, 5) is 32.4. The maximum atomic E-state index is 14.1. The predicted molar refractivity (Wildman–Crippen MR) is 166 cm³/mol. The highest BCUT2D eigenvalue weighted by Crippen LogP contribution is 2.29. The van der Waals surface area contributed by atoms with Crippen LogP contribution in [0.15, 0.2) is 42.5 Å². The van der Waals surface area contributed by atoms with E-state index in [0.717, 1.165) is 24.9 Å². The number of nitrogens with zero attached hydrogens (tertiary/aromatic N) is 3. The minimum atomic E-state index is -0.433. The number of benzene rings is 2. The number of fused-ring (bicyclic) bond motifs is 1. The fourth-order valence-corrected chi connectivity index (χ4v) is 4.90. The zero-order valence-corrected chi connectivity index (χ0v) is 26.1. The molecule has 0 radical (unpaired) electrons. The summed E-state index contributed by atoms with van der Waals surface area (Å²) in [7, 11) is 7.19. The standard InChI is InChI=1S/C32H48N4O6/c1-22-19-36(23(2)21-37)31(38)28-18-26(34(4)5)13-16-29(28)42-24(3)10-8-9-17-41-30(22)20-35(6)32(39)33-25-11-14-27(40-7)15-12-25/h11-16,18,22-24,30,37H,8-10,17,19-21H2,1-7H3,(H,33,39)/t22-,23-,24-,30+/m0/s1. The molecule has 1 heterocycles. The first kappa shape index (κ1) is 33.0. The van der Waals surface area contributed by atoms with Gasteiger partial charge in [-0.15, -0.1) is 0 Å². The van der Waals surface area contributed by atoms with Crippen molar-refractivity contribution in [3.8, 4) is 11.5 Å². The zero-order valence-electron chi connectivity index (χ0n) is 26.1. The Balaban J connectivity index is 1.86. The molecule has 0 saturated carbocycles. The number of aliphatic hydroxyl groups is 1. The van der Waals surface area contributed by atoms with Crippen LogP contribution < -0.4 is 19.7 Å². The summed E-state index contributed by atoms with van der Waals surface area (Å²) < 4.78 is 17.8. The van der Waals surface area contributed by atoms with Crippen LogP contribution >= 0.6 is 0 Å². The number of carbonyl (C=O) groups is 2. The van der Waals surface area contributed by atoms with Gasteiger partial charge < -0.3 is 39.3 Å². The van der Waals surface area contributed by atoms with Crippen LogP contribution in [0, 0.1) is 5.92 Å². The molecule has 0 aromatic heterocycles. The first-order valence-electron chi connectivity index (χ1n) is 14.7. The molecule has 2 aromatic rings. The summed E-state index contributed by atoms with van der Waals surface area (Å²) in [6.45, 7) is 6.87. The number of nitrogens with one attached hydrogen (secondary N) is 1. The average molecular weight is 585 g/mol. The Morgan fingerprint density at radius 3 is 2.50 bits per heavy atom. The quantitative estimate of drug-likeness (QED) is 0.485. The smallest absolute Gasteiger partial charge is 0.321 e. The van der Waals surface area contributed by atoms with E-state index in [2.05, 4.69) is 5.32 Å². The van der Waals surface area contributed by atoms with E-state index in [-0.39, 0.29) is 36.7 Å². The van der Waals surface area contributed by atoms with Crippen molar-refractivity contribution in [1.29, 1.82) is 0 Å². The lowest BCUT2D eigenvalue weighted by Gasteiger charge is -2.36. The van der Waals surface area contributed by atoms with Crippen molar-refractivity contribution in [2.75, 3.05) is 64.8 Å². The first-order valence-corrected chi connectivity index (χ1v) is 14.7. The van der Waals surface area contributed by atoms with Gasteiger partial charge in [-0.2, -0.15) is 0 Å². The van der Waals surface area contributed by atoms with Crippen LogP contribution in [0.3, 0.4) is 0 Å². The number of carbonyl (C=O) groups excluding carboxylic acids is 2. The number of rotatable bonds is 7. The number of ether oxygens (including phenoxy) is 3. The molecule has 2 N–H and O–H groups in total. The molecule has 10 heteroatoms. The van der Waals surface area contributed by atoms with Gasteiger partial charge in [0.2, 0.25) is 0 Å². The first-order chi connectivity index (χ1) is 20.0. The molecule has 1 aliphatic rings. The van der Waals surface area contributed by atoms with Crippen LogP contribution in [-0.4, -0.2) is 99.7 Å². The van der Waals surface area contributed by atoms with Gasteiger partial charge >= 0.3 is 6.03 Å². The number of aliphatic hydroxyl groups excluding tert-OH is 1. The Morgan fingerprint density at radius 2 is 1.86 bits per heavy atom. The van der Waals surface area contributed by atoms with E-state index >= 15 is 0 Å². The van der Waals surface area contributed by atoms with Gasteiger partial charge in [-0.25, -0.2) is 4.79 Å². The van der Waals surface area contributed by atoms with E-state index in [0.29, 0.717) is 42.4 Å². The largest absolute Gasteiger partial charge is 0.497 e. The van der Waals surface area contributed by atoms with Gasteiger partial charge in [-0.3, -0.25) is 4.79 Å². The van der Waals surface area contributed by atoms with Crippen LogP contribution in [0.1, 0.15) is 50.4 Å². The highest BCUT2D eigenvalue weighted by molar-refractivity contribution is 5.98. The Labute approximate surface area is 250 Å². The maximum absolute atomic E-state index is 14.1. The number of hydrogen-bond acceptors (Lipinski definition) is 7. The Hall–Kier alpha value is -3.50.